The third-order valence-corrected chi connectivity index (χ3v) is 2.80. The molecule has 0 aromatic heterocycles. The average Bonchev–Trinajstić information content (AvgIpc) is 2.04. The number of hydrogen-bond donors (Lipinski definition) is 1. The van der Waals surface area contributed by atoms with Crippen LogP contribution in [0.25, 0.3) is 5.73 Å². The second-order valence-corrected chi connectivity index (χ2v) is 3.92. The molecule has 0 unspecified atom stereocenters. The van der Waals surface area contributed by atoms with Crippen molar-refractivity contribution in [2.45, 2.75) is 26.7 Å². The molecule has 1 rings (SSSR count). The van der Waals surface area contributed by atoms with Crippen LogP contribution in [0.5, 0.6) is 0 Å². The predicted molar refractivity (Wildman–Crippen MR) is 51.2 cm³/mol. The molecule has 1 aliphatic rings. The van der Waals surface area contributed by atoms with E-state index in [1.165, 1.54) is 0 Å². The van der Waals surface area contributed by atoms with Crippen molar-refractivity contribution in [2.75, 3.05) is 13.1 Å². The van der Waals surface area contributed by atoms with Crippen LogP contribution in [0.1, 0.15) is 26.7 Å². The molecule has 1 fully saturated rings. The summed E-state index contributed by atoms with van der Waals surface area (Å²) in [6.45, 7) is 6.33. The van der Waals surface area contributed by atoms with Gasteiger partial charge in [0, 0.05) is 5.96 Å². The zero-order chi connectivity index (χ0) is 9.14. The Hall–Kier alpha value is 0.374. The van der Waals surface area contributed by atoms with Gasteiger partial charge in [-0.1, -0.05) is 13.8 Å². The zero-order valence-electron chi connectivity index (χ0n) is 8.51. The number of rotatable bonds is 1. The van der Waals surface area contributed by atoms with Gasteiger partial charge < -0.3 is 16.0 Å². The Bertz CT molecular complexity index is 162. The number of likely N-dealkylation sites (tertiary alicyclic amines) is 1. The number of nitrogens with one attached hydrogen (secondary N) is 2. The minimum Gasteiger partial charge on any atom is -0.427 e. The molecule has 0 aromatic carbocycles. The number of guanidine groups is 1. The third-order valence-electron chi connectivity index (χ3n) is 2.80. The van der Waals surface area contributed by atoms with Crippen molar-refractivity contribution in [1.29, 1.82) is 5.41 Å². The van der Waals surface area contributed by atoms with Crippen LogP contribution in [-0.2, 0) is 32.7 Å². The van der Waals surface area contributed by atoms with Crippen LogP contribution in [-0.4, -0.2) is 23.9 Å². The van der Waals surface area contributed by atoms with Crippen molar-refractivity contribution in [1.82, 2.24) is 4.90 Å². The largest absolute Gasteiger partial charge is 3.00 e. The van der Waals surface area contributed by atoms with Crippen LogP contribution in [0, 0.1) is 17.2 Å². The van der Waals surface area contributed by atoms with Gasteiger partial charge in [0.25, 0.3) is 0 Å². The zero-order valence-corrected chi connectivity index (χ0v) is 11.3. The maximum atomic E-state index is 7.15. The molecule has 13 heavy (non-hydrogen) atoms. The van der Waals surface area contributed by atoms with Gasteiger partial charge in [0.2, 0.25) is 0 Å². The van der Waals surface area contributed by atoms with Gasteiger partial charge in [0.15, 0.2) is 0 Å². The molecule has 70 valence electrons. The van der Waals surface area contributed by atoms with E-state index >= 15 is 0 Å². The van der Waals surface area contributed by atoms with E-state index in [0.717, 1.165) is 37.8 Å². The van der Waals surface area contributed by atoms with Crippen LogP contribution >= 0.6 is 0 Å². The summed E-state index contributed by atoms with van der Waals surface area (Å²) in [4.78, 5) is 1.85. The Morgan fingerprint density at radius 3 is 2.15 bits per heavy atom. The second kappa shape index (κ2) is 5.97. The monoisotopic (exact) mass is 257 g/mol. The molecule has 3 nitrogen and oxygen atoms in total. The van der Waals surface area contributed by atoms with Crippen LogP contribution in [0.2, 0.25) is 0 Å². The Kier molecular flexibility index (Phi) is 6.14. The molecule has 0 radical (unpaired) electrons. The van der Waals surface area contributed by atoms with Gasteiger partial charge in [-0.3, -0.25) is 0 Å². The molecule has 1 aliphatic heterocycles. The van der Waals surface area contributed by atoms with E-state index in [1.54, 1.807) is 0 Å². The topological polar surface area (TPSA) is 50.9 Å². The van der Waals surface area contributed by atoms with Gasteiger partial charge in [-0.15, -0.1) is 0 Å². The first-order valence-electron chi connectivity index (χ1n) is 4.66. The molecule has 0 saturated carbocycles. The first kappa shape index (κ1) is 13.4. The predicted octanol–water partition coefficient (Wildman–Crippen LogP) is 2.34. The minimum absolute atomic E-state index is 0. The first-order chi connectivity index (χ1) is 5.61. The molecule has 0 amide bonds. The normalized spacial score (nSPS) is 18.5. The van der Waals surface area contributed by atoms with Gasteiger partial charge in [-0.2, -0.15) is 0 Å². The van der Waals surface area contributed by atoms with Gasteiger partial charge in [0.1, 0.15) is 0 Å². The van der Waals surface area contributed by atoms with E-state index < -0.39 is 0 Å². The SMILES string of the molecule is CC(C)C1CCN(C(=N)[NH-])CC1.[Y+3]. The molecule has 2 N–H and O–H groups in total. The molecule has 0 aliphatic carbocycles. The van der Waals surface area contributed by atoms with E-state index in [1.807, 2.05) is 4.90 Å². The van der Waals surface area contributed by atoms with Crippen molar-refractivity contribution < 1.29 is 32.7 Å². The van der Waals surface area contributed by atoms with Gasteiger partial charge in [0.05, 0.1) is 0 Å². The van der Waals surface area contributed by atoms with E-state index in [-0.39, 0.29) is 38.7 Å². The van der Waals surface area contributed by atoms with E-state index in [9.17, 15) is 0 Å². The van der Waals surface area contributed by atoms with Crippen molar-refractivity contribution in [3.63, 3.8) is 0 Å². The van der Waals surface area contributed by atoms with Crippen molar-refractivity contribution in [3.05, 3.63) is 5.73 Å². The number of hydrogen-bond acceptors (Lipinski definition) is 1. The summed E-state index contributed by atoms with van der Waals surface area (Å²) in [6.07, 6.45) is 2.30. The average molecular weight is 257 g/mol. The molecular weight excluding hydrogens is 239 g/mol. The van der Waals surface area contributed by atoms with Gasteiger partial charge in [-0.25, -0.2) is 0 Å². The quantitative estimate of drug-likeness (QED) is 0.569. The summed E-state index contributed by atoms with van der Waals surface area (Å²) in [7, 11) is 0. The summed E-state index contributed by atoms with van der Waals surface area (Å²) in [5, 5.41) is 7.15. The van der Waals surface area contributed by atoms with Crippen LogP contribution < -0.4 is 0 Å². The Balaban J connectivity index is 0.00000144. The maximum absolute atomic E-state index is 7.15. The fourth-order valence-electron chi connectivity index (χ4n) is 1.79. The molecule has 1 saturated heterocycles. The summed E-state index contributed by atoms with van der Waals surface area (Å²) in [5.41, 5.74) is 7.15. The van der Waals surface area contributed by atoms with Crippen molar-refractivity contribution in [3.8, 4) is 0 Å². The molecule has 0 aromatic rings. The smallest absolute Gasteiger partial charge is 0.427 e. The third kappa shape index (κ3) is 3.94. The molecule has 0 bridgehead atoms. The number of nitrogens with zero attached hydrogens (tertiary/aromatic N) is 1. The fraction of sp³-hybridized carbons (Fsp3) is 0.889. The standard InChI is InChI=1S/C9H18N3.Y/c1-7(2)8-3-5-12(6-4-8)9(10)11;/h7-8H,3-6H2,1-2H3,(H2-,10,11);/q-1;+3. The van der Waals surface area contributed by atoms with Crippen LogP contribution in [0.3, 0.4) is 0 Å². The van der Waals surface area contributed by atoms with Crippen molar-refractivity contribution in [2.24, 2.45) is 11.8 Å². The van der Waals surface area contributed by atoms with E-state index in [4.69, 9.17) is 11.1 Å². The molecular formula is C9H18N3Y+2. The fourth-order valence-corrected chi connectivity index (χ4v) is 1.79. The Morgan fingerprint density at radius 1 is 1.38 bits per heavy atom. The van der Waals surface area contributed by atoms with Gasteiger partial charge in [-0.05, 0) is 37.8 Å². The molecule has 4 heteroatoms. The van der Waals surface area contributed by atoms with Crippen molar-refractivity contribution >= 4 is 5.96 Å². The summed E-state index contributed by atoms with van der Waals surface area (Å²) in [6, 6.07) is 0. The minimum atomic E-state index is -0.0165. The summed E-state index contributed by atoms with van der Waals surface area (Å²) in [5.74, 6) is 1.55. The Morgan fingerprint density at radius 2 is 1.85 bits per heavy atom. The van der Waals surface area contributed by atoms with Gasteiger partial charge >= 0.3 is 32.7 Å². The van der Waals surface area contributed by atoms with Crippen LogP contribution in [0.4, 0.5) is 0 Å². The van der Waals surface area contributed by atoms with E-state index in [0.29, 0.717) is 0 Å². The molecule has 1 heterocycles. The first-order valence-corrected chi connectivity index (χ1v) is 4.66. The molecule has 0 spiro atoms. The number of piperidine rings is 1. The maximum Gasteiger partial charge on any atom is 3.00 e. The second-order valence-electron chi connectivity index (χ2n) is 3.92. The Labute approximate surface area is 106 Å². The van der Waals surface area contributed by atoms with E-state index in [2.05, 4.69) is 13.8 Å². The summed E-state index contributed by atoms with van der Waals surface area (Å²) >= 11 is 0. The molecule has 0 atom stereocenters. The summed E-state index contributed by atoms with van der Waals surface area (Å²) < 4.78 is 0. The van der Waals surface area contributed by atoms with Crippen LogP contribution in [0.15, 0.2) is 0 Å².